The van der Waals surface area contributed by atoms with Crippen LogP contribution in [0.2, 0.25) is 0 Å². The number of amides is 1. The molecule has 1 aromatic carbocycles. The Labute approximate surface area is 116 Å². The van der Waals surface area contributed by atoms with E-state index in [0.717, 1.165) is 22.2 Å². The van der Waals surface area contributed by atoms with Crippen LogP contribution in [0.15, 0.2) is 48.7 Å². The van der Waals surface area contributed by atoms with Gasteiger partial charge in [0.1, 0.15) is 5.69 Å². The number of H-pyrrole nitrogens is 1. The standard InChI is InChI=1S/C16H15N3O/c1-11-5-4-7-14-13(11)9-15(19-14)16(20)18-10-12-6-2-3-8-17-12/h2-9,19H,10H2,1H3,(H,18,20). The highest BCUT2D eigenvalue weighted by Crippen LogP contribution is 2.19. The molecule has 0 aliphatic rings. The number of pyridine rings is 1. The Balaban J connectivity index is 1.77. The van der Waals surface area contributed by atoms with Crippen LogP contribution in [0.25, 0.3) is 10.9 Å². The number of nitrogens with one attached hydrogen (secondary N) is 2. The molecule has 0 fully saturated rings. The maximum absolute atomic E-state index is 12.1. The molecule has 100 valence electrons. The zero-order chi connectivity index (χ0) is 13.9. The molecule has 0 spiro atoms. The van der Waals surface area contributed by atoms with Crippen LogP contribution in [0.5, 0.6) is 0 Å². The first-order valence-electron chi connectivity index (χ1n) is 6.50. The summed E-state index contributed by atoms with van der Waals surface area (Å²) in [6.45, 7) is 2.46. The fourth-order valence-corrected chi connectivity index (χ4v) is 2.20. The third-order valence-electron chi connectivity index (χ3n) is 3.28. The van der Waals surface area contributed by atoms with Gasteiger partial charge in [-0.25, -0.2) is 0 Å². The van der Waals surface area contributed by atoms with Crippen LogP contribution in [0.1, 0.15) is 21.7 Å². The topological polar surface area (TPSA) is 57.8 Å². The molecule has 0 saturated heterocycles. The number of hydrogen-bond donors (Lipinski definition) is 2. The molecular formula is C16H15N3O. The van der Waals surface area contributed by atoms with E-state index in [1.807, 2.05) is 49.4 Å². The molecule has 3 rings (SSSR count). The summed E-state index contributed by atoms with van der Waals surface area (Å²) in [7, 11) is 0. The molecular weight excluding hydrogens is 250 g/mol. The average Bonchev–Trinajstić information content (AvgIpc) is 2.91. The van der Waals surface area contributed by atoms with Gasteiger partial charge in [-0.2, -0.15) is 0 Å². The molecule has 2 heterocycles. The third kappa shape index (κ3) is 2.40. The van der Waals surface area contributed by atoms with Crippen LogP contribution in [0, 0.1) is 6.92 Å². The Morgan fingerprint density at radius 3 is 2.90 bits per heavy atom. The highest BCUT2D eigenvalue weighted by atomic mass is 16.1. The second-order valence-corrected chi connectivity index (χ2v) is 4.72. The molecule has 4 nitrogen and oxygen atoms in total. The van der Waals surface area contributed by atoms with Gasteiger partial charge in [0.15, 0.2) is 0 Å². The average molecular weight is 265 g/mol. The predicted molar refractivity (Wildman–Crippen MR) is 78.4 cm³/mol. The molecule has 0 saturated carbocycles. The molecule has 0 radical (unpaired) electrons. The zero-order valence-electron chi connectivity index (χ0n) is 11.2. The van der Waals surface area contributed by atoms with Crippen LogP contribution < -0.4 is 5.32 Å². The van der Waals surface area contributed by atoms with Crippen molar-refractivity contribution in [3.05, 3.63) is 65.6 Å². The largest absolute Gasteiger partial charge is 0.351 e. The third-order valence-corrected chi connectivity index (χ3v) is 3.28. The number of aromatic nitrogens is 2. The van der Waals surface area contributed by atoms with Crippen molar-refractivity contribution in [1.29, 1.82) is 0 Å². The first-order valence-corrected chi connectivity index (χ1v) is 6.50. The smallest absolute Gasteiger partial charge is 0.268 e. The lowest BCUT2D eigenvalue weighted by Gasteiger charge is -2.02. The normalized spacial score (nSPS) is 10.7. The summed E-state index contributed by atoms with van der Waals surface area (Å²) >= 11 is 0. The molecule has 2 aromatic heterocycles. The molecule has 0 aliphatic heterocycles. The van der Waals surface area contributed by atoms with E-state index in [-0.39, 0.29) is 5.91 Å². The summed E-state index contributed by atoms with van der Waals surface area (Å²) in [6, 6.07) is 13.5. The molecule has 3 aromatic rings. The Kier molecular flexibility index (Phi) is 3.21. The maximum atomic E-state index is 12.1. The summed E-state index contributed by atoms with van der Waals surface area (Å²) in [5.74, 6) is -0.119. The van der Waals surface area contributed by atoms with Gasteiger partial charge in [0.25, 0.3) is 5.91 Å². The lowest BCUT2D eigenvalue weighted by molar-refractivity contribution is 0.0946. The minimum atomic E-state index is -0.119. The Morgan fingerprint density at radius 2 is 2.15 bits per heavy atom. The molecule has 0 aliphatic carbocycles. The van der Waals surface area contributed by atoms with Crippen molar-refractivity contribution >= 4 is 16.8 Å². The molecule has 4 heteroatoms. The fourth-order valence-electron chi connectivity index (χ4n) is 2.20. The van der Waals surface area contributed by atoms with Crippen molar-refractivity contribution in [3.8, 4) is 0 Å². The van der Waals surface area contributed by atoms with Crippen LogP contribution in [0.3, 0.4) is 0 Å². The SMILES string of the molecule is Cc1cccc2[nH]c(C(=O)NCc3ccccn3)cc12. The van der Waals surface area contributed by atoms with E-state index >= 15 is 0 Å². The van der Waals surface area contributed by atoms with Crippen molar-refractivity contribution in [2.45, 2.75) is 13.5 Å². The molecule has 0 atom stereocenters. The number of hydrogen-bond acceptors (Lipinski definition) is 2. The quantitative estimate of drug-likeness (QED) is 0.765. The van der Waals surface area contributed by atoms with Gasteiger partial charge in [-0.15, -0.1) is 0 Å². The number of carbonyl (C=O) groups excluding carboxylic acids is 1. The van der Waals surface area contributed by atoms with Crippen molar-refractivity contribution < 1.29 is 4.79 Å². The van der Waals surface area contributed by atoms with Gasteiger partial charge in [-0.05, 0) is 36.8 Å². The minimum Gasteiger partial charge on any atom is -0.351 e. The maximum Gasteiger partial charge on any atom is 0.268 e. The van der Waals surface area contributed by atoms with E-state index in [0.29, 0.717) is 12.2 Å². The monoisotopic (exact) mass is 265 g/mol. The highest BCUT2D eigenvalue weighted by molar-refractivity contribution is 5.98. The van der Waals surface area contributed by atoms with E-state index in [4.69, 9.17) is 0 Å². The van der Waals surface area contributed by atoms with E-state index in [1.54, 1.807) is 6.20 Å². The minimum absolute atomic E-state index is 0.119. The highest BCUT2D eigenvalue weighted by Gasteiger charge is 2.10. The second-order valence-electron chi connectivity index (χ2n) is 4.72. The second kappa shape index (κ2) is 5.17. The predicted octanol–water partition coefficient (Wildman–Crippen LogP) is 2.80. The summed E-state index contributed by atoms with van der Waals surface area (Å²) in [6.07, 6.45) is 1.72. The Hall–Kier alpha value is -2.62. The van der Waals surface area contributed by atoms with E-state index in [1.165, 1.54) is 0 Å². The molecule has 20 heavy (non-hydrogen) atoms. The number of fused-ring (bicyclic) bond motifs is 1. The first kappa shape index (κ1) is 12.4. The Morgan fingerprint density at radius 1 is 1.25 bits per heavy atom. The van der Waals surface area contributed by atoms with Gasteiger partial charge in [0.2, 0.25) is 0 Å². The van der Waals surface area contributed by atoms with Gasteiger partial charge in [-0.1, -0.05) is 18.2 Å². The summed E-state index contributed by atoms with van der Waals surface area (Å²) < 4.78 is 0. The summed E-state index contributed by atoms with van der Waals surface area (Å²) in [5.41, 5.74) is 3.55. The van der Waals surface area contributed by atoms with Crippen molar-refractivity contribution in [1.82, 2.24) is 15.3 Å². The van der Waals surface area contributed by atoms with Crippen molar-refractivity contribution in [3.63, 3.8) is 0 Å². The number of aryl methyl sites for hydroxylation is 1. The van der Waals surface area contributed by atoms with E-state index in [9.17, 15) is 4.79 Å². The van der Waals surface area contributed by atoms with E-state index in [2.05, 4.69) is 15.3 Å². The van der Waals surface area contributed by atoms with Gasteiger partial charge >= 0.3 is 0 Å². The molecule has 2 N–H and O–H groups in total. The fraction of sp³-hybridized carbons (Fsp3) is 0.125. The Bertz CT molecular complexity index is 747. The zero-order valence-corrected chi connectivity index (χ0v) is 11.2. The number of nitrogens with zero attached hydrogens (tertiary/aromatic N) is 1. The number of aromatic amines is 1. The van der Waals surface area contributed by atoms with Crippen LogP contribution in [-0.2, 0) is 6.54 Å². The van der Waals surface area contributed by atoms with Crippen molar-refractivity contribution in [2.75, 3.05) is 0 Å². The number of carbonyl (C=O) groups is 1. The van der Waals surface area contributed by atoms with Crippen LogP contribution in [-0.4, -0.2) is 15.9 Å². The van der Waals surface area contributed by atoms with Gasteiger partial charge in [-0.3, -0.25) is 9.78 Å². The van der Waals surface area contributed by atoms with Gasteiger partial charge in [0, 0.05) is 17.1 Å². The molecule has 1 amide bonds. The first-order chi connectivity index (χ1) is 9.74. The van der Waals surface area contributed by atoms with Gasteiger partial charge < -0.3 is 10.3 Å². The van der Waals surface area contributed by atoms with Crippen LogP contribution in [0.4, 0.5) is 0 Å². The van der Waals surface area contributed by atoms with E-state index < -0.39 is 0 Å². The van der Waals surface area contributed by atoms with Gasteiger partial charge in [0.05, 0.1) is 12.2 Å². The number of rotatable bonds is 3. The summed E-state index contributed by atoms with van der Waals surface area (Å²) in [4.78, 5) is 19.4. The lowest BCUT2D eigenvalue weighted by Crippen LogP contribution is -2.23. The summed E-state index contributed by atoms with van der Waals surface area (Å²) in [5, 5.41) is 3.94. The molecule has 0 unspecified atom stereocenters. The van der Waals surface area contributed by atoms with Crippen molar-refractivity contribution in [2.24, 2.45) is 0 Å². The number of benzene rings is 1. The molecule has 0 bridgehead atoms. The van der Waals surface area contributed by atoms with Crippen LogP contribution >= 0.6 is 0 Å². The lowest BCUT2D eigenvalue weighted by atomic mass is 10.1.